The number of aromatic nitrogens is 3. The summed E-state index contributed by atoms with van der Waals surface area (Å²) in [5.74, 6) is 0.102. The molecule has 1 heterocycles. The molecule has 0 aliphatic rings. The van der Waals surface area contributed by atoms with Crippen LogP contribution in [-0.4, -0.2) is 27.6 Å². The summed E-state index contributed by atoms with van der Waals surface area (Å²) >= 11 is 0. The molecule has 0 fully saturated rings. The van der Waals surface area contributed by atoms with Gasteiger partial charge in [-0.25, -0.2) is 9.48 Å². The summed E-state index contributed by atoms with van der Waals surface area (Å²) < 4.78 is 6.84. The first kappa shape index (κ1) is 21.7. The molecule has 2 aromatic carbocycles. The highest BCUT2D eigenvalue weighted by molar-refractivity contribution is 5.89. The molecule has 30 heavy (non-hydrogen) atoms. The summed E-state index contributed by atoms with van der Waals surface area (Å²) in [7, 11) is 0. The predicted molar refractivity (Wildman–Crippen MR) is 118 cm³/mol. The largest absolute Gasteiger partial charge is 0.462 e. The van der Waals surface area contributed by atoms with Crippen molar-refractivity contribution in [3.8, 4) is 0 Å². The fraction of sp³-hybridized carbons (Fsp3) is 0.417. The molecule has 0 radical (unpaired) electrons. The van der Waals surface area contributed by atoms with E-state index in [-0.39, 0.29) is 11.5 Å². The maximum Gasteiger partial charge on any atom is 0.338 e. The van der Waals surface area contributed by atoms with Gasteiger partial charge in [0.25, 0.3) is 5.56 Å². The van der Waals surface area contributed by atoms with Crippen LogP contribution < -0.4 is 5.56 Å². The van der Waals surface area contributed by atoms with Crippen molar-refractivity contribution in [3.63, 3.8) is 0 Å². The normalized spacial score (nSPS) is 12.1. The van der Waals surface area contributed by atoms with Crippen LogP contribution in [0.25, 0.3) is 10.9 Å². The van der Waals surface area contributed by atoms with Gasteiger partial charge in [0.05, 0.1) is 24.1 Å². The number of nitrogens with zero attached hydrogens (tertiary/aromatic N) is 3. The fourth-order valence-corrected chi connectivity index (χ4v) is 3.39. The van der Waals surface area contributed by atoms with E-state index in [0.717, 1.165) is 36.8 Å². The van der Waals surface area contributed by atoms with Crippen molar-refractivity contribution in [1.82, 2.24) is 15.0 Å². The van der Waals surface area contributed by atoms with Crippen LogP contribution in [0.1, 0.15) is 61.0 Å². The minimum absolute atomic E-state index is 0.176. The van der Waals surface area contributed by atoms with E-state index >= 15 is 0 Å². The van der Waals surface area contributed by atoms with E-state index in [0.29, 0.717) is 35.5 Å². The van der Waals surface area contributed by atoms with Crippen molar-refractivity contribution in [1.29, 1.82) is 0 Å². The highest BCUT2D eigenvalue weighted by Crippen LogP contribution is 2.15. The summed E-state index contributed by atoms with van der Waals surface area (Å²) in [6.45, 7) is 6.98. The Morgan fingerprint density at radius 1 is 1.13 bits per heavy atom. The average Bonchev–Trinajstić information content (AvgIpc) is 2.76. The van der Waals surface area contributed by atoms with Crippen LogP contribution in [0.2, 0.25) is 0 Å². The van der Waals surface area contributed by atoms with E-state index < -0.39 is 0 Å². The minimum Gasteiger partial charge on any atom is -0.462 e. The van der Waals surface area contributed by atoms with Gasteiger partial charge in [-0.2, -0.15) is 0 Å². The van der Waals surface area contributed by atoms with Crippen molar-refractivity contribution in [2.24, 2.45) is 5.92 Å². The summed E-state index contributed by atoms with van der Waals surface area (Å²) in [6, 6.07) is 12.6. The highest BCUT2D eigenvalue weighted by atomic mass is 16.5. The van der Waals surface area contributed by atoms with Crippen LogP contribution in [0.5, 0.6) is 0 Å². The second kappa shape index (κ2) is 10.1. The minimum atomic E-state index is -0.311. The maximum atomic E-state index is 12.7. The molecule has 3 aromatic rings. The Morgan fingerprint density at radius 2 is 1.90 bits per heavy atom. The molecule has 0 saturated heterocycles. The number of fused-ring (bicyclic) bond motifs is 1. The number of carbonyl (C=O) groups is 1. The van der Waals surface area contributed by atoms with Gasteiger partial charge in [0, 0.05) is 0 Å². The molecule has 6 nitrogen and oxygen atoms in total. The van der Waals surface area contributed by atoms with E-state index in [1.807, 2.05) is 31.2 Å². The smallest absolute Gasteiger partial charge is 0.338 e. The number of carbonyl (C=O) groups excluding carboxylic acids is 1. The number of aryl methyl sites for hydroxylation is 1. The van der Waals surface area contributed by atoms with Gasteiger partial charge in [-0.05, 0) is 49.1 Å². The lowest BCUT2D eigenvalue weighted by molar-refractivity contribution is 0.0428. The molecule has 6 heteroatoms. The van der Waals surface area contributed by atoms with E-state index in [4.69, 9.17) is 4.74 Å². The first-order chi connectivity index (χ1) is 14.5. The molecular formula is C24H29N3O3. The molecule has 1 aromatic heterocycles. The second-order valence-electron chi connectivity index (χ2n) is 7.78. The van der Waals surface area contributed by atoms with Gasteiger partial charge in [0.2, 0.25) is 0 Å². The third-order valence-corrected chi connectivity index (χ3v) is 5.39. The summed E-state index contributed by atoms with van der Waals surface area (Å²) in [6.07, 6.45) is 4.39. The van der Waals surface area contributed by atoms with Crippen molar-refractivity contribution in [2.75, 3.05) is 6.61 Å². The number of rotatable bonds is 9. The van der Waals surface area contributed by atoms with Crippen LogP contribution in [0.15, 0.2) is 47.3 Å². The van der Waals surface area contributed by atoms with Crippen LogP contribution in [-0.2, 0) is 11.3 Å². The molecule has 158 valence electrons. The van der Waals surface area contributed by atoms with E-state index in [9.17, 15) is 9.59 Å². The van der Waals surface area contributed by atoms with Gasteiger partial charge in [0.1, 0.15) is 5.52 Å². The monoisotopic (exact) mass is 407 g/mol. The van der Waals surface area contributed by atoms with Crippen molar-refractivity contribution < 1.29 is 9.53 Å². The predicted octanol–water partition coefficient (Wildman–Crippen LogP) is 4.52. The quantitative estimate of drug-likeness (QED) is 0.488. The third-order valence-electron chi connectivity index (χ3n) is 5.39. The number of benzene rings is 2. The standard InChI is InChI=1S/C24H29N3O3/c1-4-6-7-18(5-2)16-30-24(29)20-11-9-19(10-12-20)15-27-23(28)21-14-17(3)8-13-22(21)25-26-27/h8-14,18H,4-7,15-16H2,1-3H3. The Labute approximate surface area is 176 Å². The molecule has 1 atom stereocenters. The van der Waals surface area contributed by atoms with Gasteiger partial charge in [-0.1, -0.05) is 62.1 Å². The van der Waals surface area contributed by atoms with Crippen LogP contribution in [0.4, 0.5) is 0 Å². The SMILES string of the molecule is CCCCC(CC)COC(=O)c1ccc(Cn2nnc3ccc(C)cc3c2=O)cc1. The first-order valence-electron chi connectivity index (χ1n) is 10.6. The Hall–Kier alpha value is -3.02. The summed E-state index contributed by atoms with van der Waals surface area (Å²) in [4.78, 5) is 25.0. The summed E-state index contributed by atoms with van der Waals surface area (Å²) in [5, 5.41) is 8.72. The molecule has 0 bridgehead atoms. The number of hydrogen-bond donors (Lipinski definition) is 0. The van der Waals surface area contributed by atoms with Crippen LogP contribution in [0.3, 0.4) is 0 Å². The lowest BCUT2D eigenvalue weighted by atomic mass is 10.0. The number of ether oxygens (including phenoxy) is 1. The Balaban J connectivity index is 1.66. The number of unbranched alkanes of at least 4 members (excludes halogenated alkanes) is 1. The van der Waals surface area contributed by atoms with E-state index in [2.05, 4.69) is 24.2 Å². The van der Waals surface area contributed by atoms with E-state index in [1.165, 1.54) is 4.68 Å². The molecular weight excluding hydrogens is 378 g/mol. The first-order valence-corrected chi connectivity index (χ1v) is 10.6. The summed E-state index contributed by atoms with van der Waals surface area (Å²) in [5.41, 5.74) is 2.79. The fourth-order valence-electron chi connectivity index (χ4n) is 3.39. The maximum absolute atomic E-state index is 12.7. The molecule has 0 N–H and O–H groups in total. The van der Waals surface area contributed by atoms with E-state index in [1.54, 1.807) is 18.2 Å². The number of esters is 1. The second-order valence-corrected chi connectivity index (χ2v) is 7.78. The molecule has 0 saturated carbocycles. The van der Waals surface area contributed by atoms with Gasteiger partial charge in [-0.15, -0.1) is 5.10 Å². The molecule has 0 spiro atoms. The van der Waals surface area contributed by atoms with Crippen molar-refractivity contribution in [2.45, 2.75) is 53.0 Å². The van der Waals surface area contributed by atoms with Gasteiger partial charge in [-0.3, -0.25) is 4.79 Å². The Bertz CT molecular complexity index is 1060. The molecule has 3 rings (SSSR count). The third kappa shape index (κ3) is 5.32. The van der Waals surface area contributed by atoms with Crippen LogP contribution in [0, 0.1) is 12.8 Å². The van der Waals surface area contributed by atoms with Gasteiger partial charge >= 0.3 is 5.97 Å². The molecule has 0 amide bonds. The zero-order chi connectivity index (χ0) is 21.5. The highest BCUT2D eigenvalue weighted by Gasteiger charge is 2.12. The average molecular weight is 408 g/mol. The zero-order valence-corrected chi connectivity index (χ0v) is 17.9. The topological polar surface area (TPSA) is 74.1 Å². The van der Waals surface area contributed by atoms with Crippen LogP contribution >= 0.6 is 0 Å². The van der Waals surface area contributed by atoms with Crippen molar-refractivity contribution >= 4 is 16.9 Å². The van der Waals surface area contributed by atoms with Crippen molar-refractivity contribution in [3.05, 3.63) is 69.5 Å². The lowest BCUT2D eigenvalue weighted by Crippen LogP contribution is -2.24. The molecule has 0 aliphatic carbocycles. The zero-order valence-electron chi connectivity index (χ0n) is 17.9. The molecule has 0 aliphatic heterocycles. The molecule has 1 unspecified atom stereocenters. The Morgan fingerprint density at radius 3 is 2.60 bits per heavy atom. The number of hydrogen-bond acceptors (Lipinski definition) is 5. The van der Waals surface area contributed by atoms with Gasteiger partial charge in [0.15, 0.2) is 0 Å². The lowest BCUT2D eigenvalue weighted by Gasteiger charge is -2.14. The van der Waals surface area contributed by atoms with Gasteiger partial charge < -0.3 is 4.74 Å². The Kier molecular flexibility index (Phi) is 7.33.